The maximum Gasteiger partial charge on any atom is 0.252 e. The Hall–Kier alpha value is -12.7. The van der Waals surface area contributed by atoms with Crippen LogP contribution < -0.4 is 26.2 Å². The summed E-state index contributed by atoms with van der Waals surface area (Å²) in [6, 6.07) is 116. The second-order valence-electron chi connectivity index (χ2n) is 24.4. The molecule has 0 spiro atoms. The van der Waals surface area contributed by atoms with Crippen LogP contribution in [0.25, 0.3) is 128 Å². The van der Waals surface area contributed by atoms with Gasteiger partial charge < -0.3 is 18.8 Å². The number of benzene rings is 13. The van der Waals surface area contributed by atoms with E-state index in [0.29, 0.717) is 11.6 Å². The molecule has 0 fully saturated rings. The molecule has 13 aromatic carbocycles. The van der Waals surface area contributed by atoms with Crippen LogP contribution in [0.4, 0.5) is 34.1 Å². The van der Waals surface area contributed by atoms with Gasteiger partial charge in [-0.3, -0.25) is 0 Å². The van der Waals surface area contributed by atoms with Gasteiger partial charge in [-0.05, 0) is 131 Å². The minimum absolute atomic E-state index is 0.00749. The third kappa shape index (κ3) is 8.92. The summed E-state index contributed by atoms with van der Waals surface area (Å²) in [5.74, 6) is 1.19. The number of para-hydroxylation sites is 6. The number of rotatable bonds is 10. The highest BCUT2D eigenvalue weighted by molar-refractivity contribution is 7.00. The van der Waals surface area contributed by atoms with Crippen molar-refractivity contribution in [2.45, 2.75) is 0 Å². The first-order valence-corrected chi connectivity index (χ1v) is 32.2. The predicted octanol–water partition coefficient (Wildman–Crippen LogP) is 20.0. The molecule has 2 aliphatic rings. The molecule has 9 heteroatoms. The highest BCUT2D eigenvalue weighted by Gasteiger charge is 2.43. The fraction of sp³-hybridized carbons (Fsp3) is 0. The van der Waals surface area contributed by atoms with E-state index in [4.69, 9.17) is 24.4 Å². The fourth-order valence-electron chi connectivity index (χ4n) is 14.7. The normalized spacial score (nSPS) is 12.4. The van der Waals surface area contributed by atoms with Crippen LogP contribution in [-0.2, 0) is 0 Å². The molecule has 0 bridgehead atoms. The van der Waals surface area contributed by atoms with Crippen molar-refractivity contribution in [3.63, 3.8) is 0 Å². The molecule has 0 aliphatic carbocycles. The zero-order valence-electron chi connectivity index (χ0n) is 51.3. The minimum Gasteiger partial charge on any atom is -0.455 e. The second kappa shape index (κ2) is 22.0. The Balaban J connectivity index is 0.847. The summed E-state index contributed by atoms with van der Waals surface area (Å²) in [5.41, 5.74) is 26.0. The number of nitrogens with zero attached hydrogens (tertiary/aromatic N) is 7. The van der Waals surface area contributed by atoms with Crippen molar-refractivity contribution in [2.75, 3.05) is 9.80 Å². The molecule has 4 aromatic heterocycles. The van der Waals surface area contributed by atoms with Crippen LogP contribution in [0.2, 0.25) is 0 Å². The number of furan rings is 1. The van der Waals surface area contributed by atoms with Gasteiger partial charge in [-0.25, -0.2) is 19.9 Å². The molecule has 2 aliphatic heterocycles. The Morgan fingerprint density at radius 3 is 1.39 bits per heavy atom. The molecule has 0 radical (unpaired) electrons. The van der Waals surface area contributed by atoms with E-state index >= 15 is 0 Å². The summed E-state index contributed by atoms with van der Waals surface area (Å²) >= 11 is 0. The molecule has 0 saturated carbocycles. The molecule has 442 valence electrons. The average Bonchev–Trinajstić information content (AvgIpc) is 0.949. The van der Waals surface area contributed by atoms with Gasteiger partial charge in [0, 0.05) is 83.7 Å². The summed E-state index contributed by atoms with van der Waals surface area (Å²) in [6.45, 7) is -0.00749. The van der Waals surface area contributed by atoms with Crippen molar-refractivity contribution in [3.05, 3.63) is 328 Å². The first-order chi connectivity index (χ1) is 47.1. The summed E-state index contributed by atoms with van der Waals surface area (Å²) in [6.07, 6.45) is 0. The lowest BCUT2D eigenvalue weighted by molar-refractivity contribution is 0.673. The Labute approximate surface area is 548 Å². The SMILES string of the molecule is c1ccc(-c2cc(-c3ccc(-n4c5ccccc5c5c6oc7ccccc7c6ccc54)c(-c4nc(-c5ccccc5)cc(-c5cccc(-c6cc7c8c(c6)N(c6ccccc6)c6ccccc6B8c6ccccc6N7c6ccccc6)c5)n4)c3)nc(-c3ccccc3)n2)cc1. The lowest BCUT2D eigenvalue weighted by Crippen LogP contribution is -2.61. The second-order valence-corrected chi connectivity index (χ2v) is 24.4. The smallest absolute Gasteiger partial charge is 0.252 e. The van der Waals surface area contributed by atoms with E-state index in [2.05, 4.69) is 312 Å². The van der Waals surface area contributed by atoms with E-state index in [0.717, 1.165) is 151 Å². The summed E-state index contributed by atoms with van der Waals surface area (Å²) < 4.78 is 9.21. The van der Waals surface area contributed by atoms with E-state index < -0.39 is 0 Å². The standard InChI is InChI=1S/C86H54BN7O/c1-6-25-55(26-7-1)70-53-73(89-85(88-70)57-29-10-3-11-30-57)60-45-47-75(94-74-41-20-16-38-66(74)82-78(94)48-46-65-64-37-17-23-44-81(64)95-84(65)82)67(50-60)86-90-71(56-27-8-2-9-28-56)54-72(91-86)59-32-24-31-58(49-59)61-51-79-83-80(52-61)93(63-35-14-5-15-36-63)77-43-22-19-40-69(77)87(83)68-39-18-21-42-76(68)92(79)62-33-12-4-13-34-62/h1-54H. The maximum absolute atomic E-state index is 6.85. The van der Waals surface area contributed by atoms with E-state index in [1.54, 1.807) is 0 Å². The highest BCUT2D eigenvalue weighted by Crippen LogP contribution is 2.48. The third-order valence-corrected chi connectivity index (χ3v) is 19.0. The van der Waals surface area contributed by atoms with Gasteiger partial charge in [0.1, 0.15) is 11.2 Å². The van der Waals surface area contributed by atoms with Crippen LogP contribution in [0.5, 0.6) is 0 Å². The zero-order chi connectivity index (χ0) is 62.5. The van der Waals surface area contributed by atoms with Gasteiger partial charge in [0.2, 0.25) is 0 Å². The predicted molar refractivity (Wildman–Crippen MR) is 391 cm³/mol. The largest absolute Gasteiger partial charge is 0.455 e. The van der Waals surface area contributed by atoms with E-state index in [1.807, 2.05) is 30.3 Å². The molecule has 8 nitrogen and oxygen atoms in total. The van der Waals surface area contributed by atoms with Crippen molar-refractivity contribution >= 4 is 101 Å². The van der Waals surface area contributed by atoms with Crippen molar-refractivity contribution in [1.29, 1.82) is 0 Å². The van der Waals surface area contributed by atoms with Gasteiger partial charge in [0.25, 0.3) is 6.71 Å². The Morgan fingerprint density at radius 2 is 0.768 bits per heavy atom. The molecular formula is C86H54BN7O. The molecule has 0 atom stereocenters. The average molecular weight is 1210 g/mol. The molecule has 19 rings (SSSR count). The maximum atomic E-state index is 6.85. The molecule has 0 unspecified atom stereocenters. The van der Waals surface area contributed by atoms with E-state index in [-0.39, 0.29) is 6.71 Å². The lowest BCUT2D eigenvalue weighted by atomic mass is 9.33. The van der Waals surface area contributed by atoms with Crippen molar-refractivity contribution in [1.82, 2.24) is 24.5 Å². The number of aromatic nitrogens is 5. The quantitative estimate of drug-likeness (QED) is 0.126. The van der Waals surface area contributed by atoms with Crippen LogP contribution in [0, 0.1) is 0 Å². The number of hydrogen-bond donors (Lipinski definition) is 0. The van der Waals surface area contributed by atoms with Crippen molar-refractivity contribution in [2.24, 2.45) is 0 Å². The zero-order valence-corrected chi connectivity index (χ0v) is 51.3. The minimum atomic E-state index is -0.00749. The molecular weight excluding hydrogens is 1160 g/mol. The highest BCUT2D eigenvalue weighted by atomic mass is 16.3. The Kier molecular flexibility index (Phi) is 12.5. The van der Waals surface area contributed by atoms with Gasteiger partial charge in [-0.15, -0.1) is 0 Å². The van der Waals surface area contributed by atoms with Crippen LogP contribution in [0.3, 0.4) is 0 Å². The van der Waals surface area contributed by atoms with E-state index in [9.17, 15) is 0 Å². The fourth-order valence-corrected chi connectivity index (χ4v) is 14.7. The van der Waals surface area contributed by atoms with Gasteiger partial charge in [-0.1, -0.05) is 224 Å². The van der Waals surface area contributed by atoms with Gasteiger partial charge in [-0.2, -0.15) is 0 Å². The van der Waals surface area contributed by atoms with Crippen LogP contribution in [-0.4, -0.2) is 31.2 Å². The van der Waals surface area contributed by atoms with Crippen LogP contribution in [0.1, 0.15) is 0 Å². The summed E-state index contributed by atoms with van der Waals surface area (Å²) in [5, 5.41) is 4.27. The van der Waals surface area contributed by atoms with E-state index in [1.165, 1.54) is 16.4 Å². The molecule has 0 amide bonds. The molecule has 0 N–H and O–H groups in total. The van der Waals surface area contributed by atoms with Gasteiger partial charge in [0.05, 0.1) is 44.9 Å². The number of fused-ring (bicyclic) bond motifs is 11. The monoisotopic (exact) mass is 1210 g/mol. The topological polar surface area (TPSA) is 76.1 Å². The Bertz CT molecular complexity index is 5710. The summed E-state index contributed by atoms with van der Waals surface area (Å²) in [7, 11) is 0. The third-order valence-electron chi connectivity index (χ3n) is 19.0. The number of hydrogen-bond acceptors (Lipinski definition) is 7. The molecule has 17 aromatic rings. The van der Waals surface area contributed by atoms with Crippen LogP contribution in [0.15, 0.2) is 332 Å². The molecule has 95 heavy (non-hydrogen) atoms. The lowest BCUT2D eigenvalue weighted by Gasteiger charge is -2.44. The summed E-state index contributed by atoms with van der Waals surface area (Å²) in [4.78, 5) is 27.0. The molecule has 0 saturated heterocycles. The van der Waals surface area contributed by atoms with Crippen molar-refractivity contribution in [3.8, 4) is 84.6 Å². The number of anilines is 6. The Morgan fingerprint density at radius 1 is 0.284 bits per heavy atom. The van der Waals surface area contributed by atoms with Crippen molar-refractivity contribution < 1.29 is 4.42 Å². The van der Waals surface area contributed by atoms with Gasteiger partial charge in [0.15, 0.2) is 11.6 Å². The molecule has 6 heterocycles. The van der Waals surface area contributed by atoms with Gasteiger partial charge >= 0.3 is 0 Å². The first kappa shape index (κ1) is 54.1. The first-order valence-electron chi connectivity index (χ1n) is 32.2. The van der Waals surface area contributed by atoms with Crippen LogP contribution >= 0.6 is 0 Å².